The number of nitro groups is 1. The zero-order valence-corrected chi connectivity index (χ0v) is 14.7. The maximum absolute atomic E-state index is 10.9. The Morgan fingerprint density at radius 2 is 2.17 bits per heavy atom. The number of benzene rings is 1. The predicted octanol–water partition coefficient (Wildman–Crippen LogP) is 4.21. The van der Waals surface area contributed by atoms with Gasteiger partial charge in [-0.05, 0) is 29.3 Å². The second-order valence-electron chi connectivity index (χ2n) is 4.83. The van der Waals surface area contributed by atoms with Crippen molar-refractivity contribution < 1.29 is 4.92 Å². The van der Waals surface area contributed by atoms with Gasteiger partial charge in [0.2, 0.25) is 0 Å². The number of fused-ring (bicyclic) bond motifs is 1. The fraction of sp³-hybridized carbons (Fsp3) is 0.0714. The number of nitro benzene ring substituents is 1. The highest BCUT2D eigenvalue weighted by Gasteiger charge is 2.16. The van der Waals surface area contributed by atoms with Crippen molar-refractivity contribution in [1.82, 2.24) is 19.7 Å². The monoisotopic (exact) mass is 375 g/mol. The SMILES string of the molecule is Cn1c(Sc2nc3ccc([N+](=O)[O-])cc3s2)nnc1-c1cccs1. The third kappa shape index (κ3) is 2.68. The number of thiazole rings is 1. The number of aromatic nitrogens is 4. The number of thiophene rings is 1. The molecule has 24 heavy (non-hydrogen) atoms. The standard InChI is InChI=1S/C14H9N5O2S3/c1-18-12(10-3-2-6-22-10)16-17-13(18)24-14-15-9-5-4-8(19(20)21)7-11(9)23-14/h2-7H,1H3. The number of nitrogens with zero attached hydrogens (tertiary/aromatic N) is 5. The summed E-state index contributed by atoms with van der Waals surface area (Å²) in [5, 5.41) is 22.1. The Labute approximate surface area is 148 Å². The summed E-state index contributed by atoms with van der Waals surface area (Å²) in [4.78, 5) is 16.0. The molecule has 0 aliphatic rings. The van der Waals surface area contributed by atoms with Crippen molar-refractivity contribution in [2.45, 2.75) is 9.50 Å². The van der Waals surface area contributed by atoms with Gasteiger partial charge in [0, 0.05) is 19.2 Å². The Hall–Kier alpha value is -2.30. The molecule has 1 aromatic carbocycles. The highest BCUT2D eigenvalue weighted by Crippen LogP contribution is 2.36. The number of hydrogen-bond donors (Lipinski definition) is 0. The van der Waals surface area contributed by atoms with Crippen LogP contribution in [0.25, 0.3) is 20.9 Å². The Morgan fingerprint density at radius 3 is 2.92 bits per heavy atom. The summed E-state index contributed by atoms with van der Waals surface area (Å²) in [6, 6.07) is 8.65. The lowest BCUT2D eigenvalue weighted by atomic mass is 10.3. The van der Waals surface area contributed by atoms with Crippen LogP contribution in [-0.2, 0) is 7.05 Å². The van der Waals surface area contributed by atoms with Crippen LogP contribution in [0.1, 0.15) is 0 Å². The maximum Gasteiger partial charge on any atom is 0.270 e. The minimum atomic E-state index is -0.401. The van der Waals surface area contributed by atoms with E-state index in [-0.39, 0.29) is 5.69 Å². The van der Waals surface area contributed by atoms with Gasteiger partial charge in [-0.3, -0.25) is 10.1 Å². The van der Waals surface area contributed by atoms with Gasteiger partial charge < -0.3 is 4.57 Å². The molecule has 0 fully saturated rings. The average molecular weight is 375 g/mol. The lowest BCUT2D eigenvalue weighted by Crippen LogP contribution is -1.92. The lowest BCUT2D eigenvalue weighted by molar-refractivity contribution is -0.384. The zero-order chi connectivity index (χ0) is 16.7. The minimum absolute atomic E-state index is 0.0707. The van der Waals surface area contributed by atoms with Gasteiger partial charge in [0.1, 0.15) is 0 Å². The first-order valence-electron chi connectivity index (χ1n) is 6.78. The molecule has 0 spiro atoms. The van der Waals surface area contributed by atoms with Crippen molar-refractivity contribution in [3.05, 3.63) is 45.8 Å². The summed E-state index contributed by atoms with van der Waals surface area (Å²) in [6.45, 7) is 0. The summed E-state index contributed by atoms with van der Waals surface area (Å²) in [6.07, 6.45) is 0. The first-order chi connectivity index (χ1) is 11.6. The van der Waals surface area contributed by atoms with Crippen molar-refractivity contribution in [2.24, 2.45) is 7.05 Å². The third-order valence-corrected chi connectivity index (χ3v) is 6.30. The van der Waals surface area contributed by atoms with Gasteiger partial charge in [-0.25, -0.2) is 4.98 Å². The summed E-state index contributed by atoms with van der Waals surface area (Å²) in [5.41, 5.74) is 0.815. The van der Waals surface area contributed by atoms with E-state index >= 15 is 0 Å². The third-order valence-electron chi connectivity index (χ3n) is 3.32. The molecule has 0 unspecified atom stereocenters. The fourth-order valence-electron chi connectivity index (χ4n) is 2.15. The minimum Gasteiger partial charge on any atom is -0.304 e. The van der Waals surface area contributed by atoms with Gasteiger partial charge >= 0.3 is 0 Å². The van der Waals surface area contributed by atoms with Crippen LogP contribution in [0.2, 0.25) is 0 Å². The molecule has 0 aliphatic heterocycles. The molecule has 0 saturated carbocycles. The summed E-state index contributed by atoms with van der Waals surface area (Å²) in [7, 11) is 1.91. The Kier molecular flexibility index (Phi) is 3.79. The van der Waals surface area contributed by atoms with E-state index in [1.165, 1.54) is 29.2 Å². The second-order valence-corrected chi connectivity index (χ2v) is 8.03. The lowest BCUT2D eigenvalue weighted by Gasteiger charge is -1.99. The zero-order valence-electron chi connectivity index (χ0n) is 12.2. The molecule has 0 N–H and O–H groups in total. The molecule has 0 bridgehead atoms. The molecule has 4 rings (SSSR count). The highest BCUT2D eigenvalue weighted by atomic mass is 32.2. The molecule has 0 aliphatic carbocycles. The molecular formula is C14H9N5O2S3. The smallest absolute Gasteiger partial charge is 0.270 e. The summed E-state index contributed by atoms with van der Waals surface area (Å²) < 4.78 is 3.48. The predicted molar refractivity (Wildman–Crippen MR) is 94.7 cm³/mol. The normalized spacial score (nSPS) is 11.2. The maximum atomic E-state index is 10.9. The van der Waals surface area contributed by atoms with E-state index in [0.717, 1.165) is 30.4 Å². The molecule has 0 radical (unpaired) electrons. The topological polar surface area (TPSA) is 86.7 Å². The van der Waals surface area contributed by atoms with E-state index in [9.17, 15) is 10.1 Å². The van der Waals surface area contributed by atoms with Crippen LogP contribution in [0.15, 0.2) is 45.2 Å². The van der Waals surface area contributed by atoms with Crippen LogP contribution in [0.5, 0.6) is 0 Å². The first-order valence-corrected chi connectivity index (χ1v) is 9.29. The van der Waals surface area contributed by atoms with E-state index in [2.05, 4.69) is 15.2 Å². The van der Waals surface area contributed by atoms with Gasteiger partial charge in [0.25, 0.3) is 5.69 Å². The van der Waals surface area contributed by atoms with Crippen molar-refractivity contribution >= 4 is 50.3 Å². The molecule has 0 saturated heterocycles. The van der Waals surface area contributed by atoms with Crippen LogP contribution >= 0.6 is 34.4 Å². The van der Waals surface area contributed by atoms with E-state index < -0.39 is 4.92 Å². The second kappa shape index (κ2) is 5.96. The number of hydrogen-bond acceptors (Lipinski definition) is 8. The molecule has 0 atom stereocenters. The molecule has 3 heterocycles. The number of rotatable bonds is 4. The molecule has 7 nitrogen and oxygen atoms in total. The first kappa shape index (κ1) is 15.2. The van der Waals surface area contributed by atoms with Gasteiger partial charge in [0.15, 0.2) is 15.3 Å². The Bertz CT molecular complexity index is 1040. The van der Waals surface area contributed by atoms with E-state index in [1.807, 2.05) is 29.1 Å². The van der Waals surface area contributed by atoms with E-state index in [1.54, 1.807) is 23.5 Å². The highest BCUT2D eigenvalue weighted by molar-refractivity contribution is 8.01. The van der Waals surface area contributed by atoms with Gasteiger partial charge in [0.05, 0.1) is 20.0 Å². The molecule has 120 valence electrons. The Morgan fingerprint density at radius 1 is 1.29 bits per heavy atom. The van der Waals surface area contributed by atoms with Crippen molar-refractivity contribution in [3.8, 4) is 10.7 Å². The molecule has 0 amide bonds. The van der Waals surface area contributed by atoms with E-state index in [0.29, 0.717) is 0 Å². The molecular weight excluding hydrogens is 366 g/mol. The van der Waals surface area contributed by atoms with Crippen LogP contribution in [0.4, 0.5) is 5.69 Å². The van der Waals surface area contributed by atoms with Crippen molar-refractivity contribution in [1.29, 1.82) is 0 Å². The largest absolute Gasteiger partial charge is 0.304 e. The van der Waals surface area contributed by atoms with Gasteiger partial charge in [-0.2, -0.15) is 0 Å². The fourth-order valence-corrected chi connectivity index (χ4v) is 4.89. The van der Waals surface area contributed by atoms with Crippen LogP contribution in [0.3, 0.4) is 0 Å². The summed E-state index contributed by atoms with van der Waals surface area (Å²) >= 11 is 4.42. The van der Waals surface area contributed by atoms with Crippen LogP contribution in [0, 0.1) is 10.1 Å². The summed E-state index contributed by atoms with van der Waals surface area (Å²) in [5.74, 6) is 0.809. The quantitative estimate of drug-likeness (QED) is 0.392. The van der Waals surface area contributed by atoms with Crippen LogP contribution in [-0.4, -0.2) is 24.7 Å². The van der Waals surface area contributed by atoms with Gasteiger partial charge in [-0.15, -0.1) is 32.9 Å². The Balaban J connectivity index is 1.66. The molecule has 10 heteroatoms. The molecule has 4 aromatic rings. The van der Waals surface area contributed by atoms with Crippen molar-refractivity contribution in [3.63, 3.8) is 0 Å². The van der Waals surface area contributed by atoms with E-state index in [4.69, 9.17) is 0 Å². The molecule has 3 aromatic heterocycles. The average Bonchev–Trinajstić information content (AvgIpc) is 3.27. The van der Waals surface area contributed by atoms with Gasteiger partial charge in [-0.1, -0.05) is 6.07 Å². The number of non-ortho nitro benzene ring substituents is 1. The van der Waals surface area contributed by atoms with Crippen molar-refractivity contribution in [2.75, 3.05) is 0 Å². The van der Waals surface area contributed by atoms with Crippen LogP contribution < -0.4 is 0 Å².